The number of amides is 1. The molecule has 0 aliphatic heterocycles. The van der Waals surface area contributed by atoms with E-state index in [9.17, 15) is 4.79 Å². The van der Waals surface area contributed by atoms with Crippen LogP contribution in [0, 0.1) is 0 Å². The summed E-state index contributed by atoms with van der Waals surface area (Å²) in [5, 5.41) is 3.89. The van der Waals surface area contributed by atoms with Crippen LogP contribution in [0.1, 0.15) is 19.4 Å². The summed E-state index contributed by atoms with van der Waals surface area (Å²) in [4.78, 5) is 12.1. The second-order valence-electron chi connectivity index (χ2n) is 6.23. The lowest BCUT2D eigenvalue weighted by atomic mass is 9.84. The highest BCUT2D eigenvalue weighted by Crippen LogP contribution is 2.29. The molecule has 0 spiro atoms. The van der Waals surface area contributed by atoms with E-state index in [4.69, 9.17) is 32.7 Å². The highest BCUT2D eigenvalue weighted by molar-refractivity contribution is 6.42. The van der Waals surface area contributed by atoms with Gasteiger partial charge in [-0.25, -0.2) is 0 Å². The van der Waals surface area contributed by atoms with E-state index in [2.05, 4.69) is 5.32 Å². The smallest absolute Gasteiger partial charge is 0.257 e. The first-order valence-electron chi connectivity index (χ1n) is 7.81. The van der Waals surface area contributed by atoms with Crippen molar-refractivity contribution in [2.45, 2.75) is 19.3 Å². The quantitative estimate of drug-likeness (QED) is 0.769. The molecule has 0 unspecified atom stereocenters. The van der Waals surface area contributed by atoms with Crippen LogP contribution in [0.4, 0.5) is 0 Å². The predicted octanol–water partition coefficient (Wildman–Crippen LogP) is 4.47. The Hall–Kier alpha value is -1.91. The highest BCUT2D eigenvalue weighted by Gasteiger charge is 2.22. The molecule has 4 nitrogen and oxygen atoms in total. The van der Waals surface area contributed by atoms with Crippen LogP contribution in [0.25, 0.3) is 0 Å². The monoisotopic (exact) mass is 381 g/mol. The summed E-state index contributed by atoms with van der Waals surface area (Å²) >= 11 is 12.0. The van der Waals surface area contributed by atoms with Crippen molar-refractivity contribution in [3.63, 3.8) is 0 Å². The number of ether oxygens (including phenoxy) is 2. The number of nitrogens with one attached hydrogen (secondary N) is 1. The first kappa shape index (κ1) is 19.4. The molecule has 0 saturated heterocycles. The van der Waals surface area contributed by atoms with E-state index < -0.39 is 0 Å². The number of carbonyl (C=O) groups excluding carboxylic acids is 1. The lowest BCUT2D eigenvalue weighted by Crippen LogP contribution is -2.39. The van der Waals surface area contributed by atoms with Crippen LogP contribution in [0.2, 0.25) is 10.0 Å². The van der Waals surface area contributed by atoms with Gasteiger partial charge in [0.1, 0.15) is 0 Å². The Morgan fingerprint density at radius 1 is 1.08 bits per heavy atom. The molecule has 0 aliphatic carbocycles. The number of methoxy groups -OCH3 is 1. The molecule has 0 atom stereocenters. The van der Waals surface area contributed by atoms with Crippen LogP contribution in [-0.2, 0) is 10.2 Å². The molecule has 1 N–H and O–H groups in total. The minimum Gasteiger partial charge on any atom is -0.493 e. The standard InChI is InChI=1S/C19H21Cl2NO3/c1-19(2,13-8-9-14(20)15(21)10-13)12-22-18(23)11-25-17-7-5-4-6-16(17)24-3/h4-10H,11-12H2,1-3H3,(H,22,23). The fraction of sp³-hybridized carbons (Fsp3) is 0.316. The Bertz CT molecular complexity index is 747. The van der Waals surface area contributed by atoms with Crippen molar-refractivity contribution in [2.75, 3.05) is 20.3 Å². The number of halogens is 2. The molecule has 6 heteroatoms. The fourth-order valence-electron chi connectivity index (χ4n) is 2.27. The molecule has 134 valence electrons. The molecule has 0 saturated carbocycles. The molecule has 2 aromatic carbocycles. The molecule has 0 aliphatic rings. The van der Waals surface area contributed by atoms with E-state index in [1.165, 1.54) is 0 Å². The number of rotatable bonds is 7. The third kappa shape index (κ3) is 5.28. The van der Waals surface area contributed by atoms with Crippen molar-refractivity contribution in [2.24, 2.45) is 0 Å². The molecule has 0 radical (unpaired) electrons. The van der Waals surface area contributed by atoms with Crippen LogP contribution in [0.15, 0.2) is 42.5 Å². The minimum atomic E-state index is -0.297. The second kappa shape index (κ2) is 8.45. The summed E-state index contributed by atoms with van der Waals surface area (Å²) in [5.74, 6) is 0.911. The summed E-state index contributed by atoms with van der Waals surface area (Å²) < 4.78 is 10.7. The summed E-state index contributed by atoms with van der Waals surface area (Å²) in [6, 6.07) is 12.7. The van der Waals surface area contributed by atoms with Gasteiger partial charge in [0.2, 0.25) is 0 Å². The summed E-state index contributed by atoms with van der Waals surface area (Å²) in [7, 11) is 1.56. The van der Waals surface area contributed by atoms with Crippen molar-refractivity contribution in [3.05, 3.63) is 58.1 Å². The van der Waals surface area contributed by atoms with E-state index in [1.807, 2.05) is 38.1 Å². The van der Waals surface area contributed by atoms with Crippen LogP contribution in [-0.4, -0.2) is 26.2 Å². The molecule has 2 aromatic rings. The Balaban J connectivity index is 1.91. The summed E-state index contributed by atoms with van der Waals surface area (Å²) in [6.45, 7) is 4.40. The second-order valence-corrected chi connectivity index (χ2v) is 7.04. The molecule has 1 amide bonds. The van der Waals surface area contributed by atoms with Crippen LogP contribution in [0.3, 0.4) is 0 Å². The highest BCUT2D eigenvalue weighted by atomic mass is 35.5. The van der Waals surface area contributed by atoms with Crippen molar-refractivity contribution in [1.82, 2.24) is 5.32 Å². The van der Waals surface area contributed by atoms with E-state index in [-0.39, 0.29) is 17.9 Å². The van der Waals surface area contributed by atoms with Gasteiger partial charge in [-0.15, -0.1) is 0 Å². The maximum absolute atomic E-state index is 12.1. The van der Waals surface area contributed by atoms with E-state index in [1.54, 1.807) is 25.3 Å². The van der Waals surface area contributed by atoms with E-state index in [0.29, 0.717) is 28.1 Å². The molecular weight excluding hydrogens is 361 g/mol. The minimum absolute atomic E-state index is 0.0855. The maximum Gasteiger partial charge on any atom is 0.257 e. The molecule has 25 heavy (non-hydrogen) atoms. The third-order valence-corrected chi connectivity index (χ3v) is 4.60. The zero-order chi connectivity index (χ0) is 18.4. The maximum atomic E-state index is 12.1. The number of hydrogen-bond donors (Lipinski definition) is 1. The lowest BCUT2D eigenvalue weighted by Gasteiger charge is -2.26. The molecule has 0 aromatic heterocycles. The molecule has 0 fully saturated rings. The Kier molecular flexibility index (Phi) is 6.57. The van der Waals surface area contributed by atoms with Gasteiger partial charge in [0.25, 0.3) is 5.91 Å². The van der Waals surface area contributed by atoms with E-state index in [0.717, 1.165) is 5.56 Å². The van der Waals surface area contributed by atoms with Crippen molar-refractivity contribution in [1.29, 1.82) is 0 Å². The van der Waals surface area contributed by atoms with Gasteiger partial charge in [-0.05, 0) is 29.8 Å². The van der Waals surface area contributed by atoms with Gasteiger partial charge in [0, 0.05) is 12.0 Å². The summed E-state index contributed by atoms with van der Waals surface area (Å²) in [6.07, 6.45) is 0. The van der Waals surface area contributed by atoms with Crippen molar-refractivity contribution in [3.8, 4) is 11.5 Å². The number of carbonyl (C=O) groups is 1. The number of para-hydroxylation sites is 2. The van der Waals surface area contributed by atoms with Gasteiger partial charge in [0.15, 0.2) is 18.1 Å². The van der Waals surface area contributed by atoms with Gasteiger partial charge in [-0.1, -0.05) is 55.2 Å². The largest absolute Gasteiger partial charge is 0.493 e. The normalized spacial score (nSPS) is 11.1. The van der Waals surface area contributed by atoms with Gasteiger partial charge >= 0.3 is 0 Å². The van der Waals surface area contributed by atoms with Crippen molar-refractivity contribution >= 4 is 29.1 Å². The number of benzene rings is 2. The van der Waals surface area contributed by atoms with Gasteiger partial charge in [-0.3, -0.25) is 4.79 Å². The Labute approximate surface area is 158 Å². The average Bonchev–Trinajstić information content (AvgIpc) is 2.60. The third-order valence-electron chi connectivity index (χ3n) is 3.86. The van der Waals surface area contributed by atoms with Crippen LogP contribution >= 0.6 is 23.2 Å². The topological polar surface area (TPSA) is 47.6 Å². The molecule has 2 rings (SSSR count). The first-order valence-corrected chi connectivity index (χ1v) is 8.57. The summed E-state index contributed by atoms with van der Waals surface area (Å²) in [5.41, 5.74) is 0.696. The van der Waals surface area contributed by atoms with E-state index >= 15 is 0 Å². The predicted molar refractivity (Wildman–Crippen MR) is 101 cm³/mol. The Morgan fingerprint density at radius 3 is 2.40 bits per heavy atom. The zero-order valence-corrected chi connectivity index (χ0v) is 15.9. The molecule has 0 heterocycles. The average molecular weight is 382 g/mol. The van der Waals surface area contributed by atoms with Crippen molar-refractivity contribution < 1.29 is 14.3 Å². The van der Waals surface area contributed by atoms with Gasteiger partial charge in [-0.2, -0.15) is 0 Å². The lowest BCUT2D eigenvalue weighted by molar-refractivity contribution is -0.123. The van der Waals surface area contributed by atoms with Gasteiger partial charge in [0.05, 0.1) is 17.2 Å². The van der Waals surface area contributed by atoms with Gasteiger partial charge < -0.3 is 14.8 Å². The zero-order valence-electron chi connectivity index (χ0n) is 14.4. The first-order chi connectivity index (χ1) is 11.8. The SMILES string of the molecule is COc1ccccc1OCC(=O)NCC(C)(C)c1ccc(Cl)c(Cl)c1. The molecular formula is C19H21Cl2NO3. The number of hydrogen-bond acceptors (Lipinski definition) is 3. The fourth-order valence-corrected chi connectivity index (χ4v) is 2.57. The van der Waals surface area contributed by atoms with Crippen LogP contribution in [0.5, 0.6) is 11.5 Å². The van der Waals surface area contributed by atoms with Crippen LogP contribution < -0.4 is 14.8 Å². The Morgan fingerprint density at radius 2 is 1.76 bits per heavy atom. The molecule has 0 bridgehead atoms.